The summed E-state index contributed by atoms with van der Waals surface area (Å²) in [5.74, 6) is 3.11. The topological polar surface area (TPSA) is 27.7 Å². The maximum Gasteiger partial charge on any atom is 0.192 e. The average molecular weight is 495 g/mol. The van der Waals surface area contributed by atoms with Gasteiger partial charge in [-0.2, -0.15) is 0 Å². The molecule has 0 aromatic rings. The summed E-state index contributed by atoms with van der Waals surface area (Å²) in [6.07, 6.45) is 12.2. The summed E-state index contributed by atoms with van der Waals surface area (Å²) in [5.41, 5.74) is 1.24. The van der Waals surface area contributed by atoms with E-state index in [9.17, 15) is 0 Å². The van der Waals surface area contributed by atoms with Gasteiger partial charge in [-0.25, -0.2) is 0 Å². The lowest BCUT2D eigenvalue weighted by Gasteiger charge is -2.40. The minimum Gasteiger partial charge on any atom is -0.417 e. The summed E-state index contributed by atoms with van der Waals surface area (Å²) in [5, 5.41) is 0.450. The molecule has 0 N–H and O–H groups in total. The van der Waals surface area contributed by atoms with Crippen LogP contribution in [0.15, 0.2) is 12.2 Å². The van der Waals surface area contributed by atoms with Crippen LogP contribution >= 0.6 is 0 Å². The van der Waals surface area contributed by atoms with Crippen LogP contribution in [0, 0.1) is 18.3 Å². The van der Waals surface area contributed by atoms with E-state index < -0.39 is 16.6 Å². The van der Waals surface area contributed by atoms with Crippen molar-refractivity contribution in [1.29, 1.82) is 0 Å². The molecular formula is C28H54O3Si2. The van der Waals surface area contributed by atoms with Crippen LogP contribution in [-0.2, 0) is 13.6 Å². The zero-order valence-corrected chi connectivity index (χ0v) is 25.8. The van der Waals surface area contributed by atoms with E-state index in [2.05, 4.69) is 87.2 Å². The Morgan fingerprint density at radius 3 is 2.15 bits per heavy atom. The van der Waals surface area contributed by atoms with E-state index in [0.717, 1.165) is 45.1 Å². The molecule has 1 heterocycles. The minimum atomic E-state index is -1.85. The normalized spacial score (nSPS) is 22.3. The van der Waals surface area contributed by atoms with Crippen LogP contribution in [0.3, 0.4) is 0 Å². The van der Waals surface area contributed by atoms with Gasteiger partial charge in [0.05, 0.1) is 12.2 Å². The Morgan fingerprint density at radius 2 is 1.64 bits per heavy atom. The lowest BCUT2D eigenvalue weighted by Crippen LogP contribution is -2.44. The molecular weight excluding hydrogens is 440 g/mol. The van der Waals surface area contributed by atoms with E-state index in [-0.39, 0.29) is 34.3 Å². The minimum absolute atomic E-state index is 0.142. The molecule has 0 amide bonds. The predicted octanol–water partition coefficient (Wildman–Crippen LogP) is 8.33. The standard InChI is InChI=1S/C28H54O3Si2/c1-14-22(2)20-25(31-33(12,13)28(7,8)9)17-18-26-23(3)21-24(30-26)16-15-19-29-32(10,11)27(4,5)6/h1,22,24-26H,3,15-21H2,2,4-13H3/t22-,24-,25+,26-/m0/s1. The number of hydrogen-bond acceptors (Lipinski definition) is 3. The van der Waals surface area contributed by atoms with Crippen molar-refractivity contribution in [2.45, 2.75) is 142 Å². The molecule has 0 bridgehead atoms. The largest absolute Gasteiger partial charge is 0.417 e. The molecule has 33 heavy (non-hydrogen) atoms. The first-order valence-electron chi connectivity index (χ1n) is 13.0. The highest BCUT2D eigenvalue weighted by Gasteiger charge is 2.40. The van der Waals surface area contributed by atoms with Gasteiger partial charge in [0.15, 0.2) is 16.6 Å². The highest BCUT2D eigenvalue weighted by atomic mass is 28.4. The first-order chi connectivity index (χ1) is 14.9. The summed E-state index contributed by atoms with van der Waals surface area (Å²) >= 11 is 0. The molecule has 0 unspecified atom stereocenters. The van der Waals surface area contributed by atoms with Gasteiger partial charge in [0, 0.05) is 18.6 Å². The van der Waals surface area contributed by atoms with Crippen LogP contribution < -0.4 is 0 Å². The SMILES string of the molecule is C#C[C@H](C)C[C@@H](CC[C@@H]1O[C@@H](CCCO[Si](C)(C)C(C)(C)C)CC1=C)O[Si](C)(C)C(C)(C)C. The molecule has 0 aromatic heterocycles. The maximum atomic E-state index is 6.78. The Balaban J connectivity index is 2.57. The van der Waals surface area contributed by atoms with E-state index in [1.54, 1.807) is 0 Å². The van der Waals surface area contributed by atoms with Crippen molar-refractivity contribution in [2.24, 2.45) is 5.92 Å². The number of rotatable bonds is 12. The molecule has 4 atom stereocenters. The van der Waals surface area contributed by atoms with Crippen molar-refractivity contribution < 1.29 is 13.6 Å². The molecule has 1 fully saturated rings. The fraction of sp³-hybridized carbons (Fsp3) is 0.857. The number of terminal acetylenes is 1. The quantitative estimate of drug-likeness (QED) is 0.118. The van der Waals surface area contributed by atoms with Crippen molar-refractivity contribution in [3.63, 3.8) is 0 Å². The Morgan fingerprint density at radius 1 is 1.06 bits per heavy atom. The van der Waals surface area contributed by atoms with Crippen molar-refractivity contribution in [3.05, 3.63) is 12.2 Å². The van der Waals surface area contributed by atoms with Crippen molar-refractivity contribution >= 4 is 16.6 Å². The van der Waals surface area contributed by atoms with Gasteiger partial charge in [-0.15, -0.1) is 12.3 Å². The predicted molar refractivity (Wildman–Crippen MR) is 149 cm³/mol. The lowest BCUT2D eigenvalue weighted by molar-refractivity contribution is 0.0306. The molecule has 0 radical (unpaired) electrons. The third kappa shape index (κ3) is 9.65. The van der Waals surface area contributed by atoms with E-state index in [1.807, 2.05) is 0 Å². The second kappa shape index (κ2) is 12.0. The molecule has 0 aliphatic carbocycles. The first kappa shape index (κ1) is 30.6. The van der Waals surface area contributed by atoms with Crippen molar-refractivity contribution in [1.82, 2.24) is 0 Å². The highest BCUT2D eigenvalue weighted by Crippen LogP contribution is 2.39. The first-order valence-corrected chi connectivity index (χ1v) is 18.8. The zero-order valence-electron chi connectivity index (χ0n) is 23.8. The molecule has 5 heteroatoms. The average Bonchev–Trinajstić information content (AvgIpc) is 3.00. The van der Waals surface area contributed by atoms with Crippen LogP contribution in [0.25, 0.3) is 0 Å². The van der Waals surface area contributed by atoms with E-state index >= 15 is 0 Å². The molecule has 3 nitrogen and oxygen atoms in total. The third-order valence-corrected chi connectivity index (χ3v) is 17.2. The van der Waals surface area contributed by atoms with Crippen LogP contribution in [0.2, 0.25) is 36.3 Å². The van der Waals surface area contributed by atoms with Gasteiger partial charge in [0.2, 0.25) is 0 Å². The monoisotopic (exact) mass is 494 g/mol. The van der Waals surface area contributed by atoms with Crippen LogP contribution in [0.5, 0.6) is 0 Å². The molecule has 0 spiro atoms. The fourth-order valence-electron chi connectivity index (χ4n) is 3.72. The van der Waals surface area contributed by atoms with Gasteiger partial charge in [-0.1, -0.05) is 55.0 Å². The van der Waals surface area contributed by atoms with Gasteiger partial charge in [0.25, 0.3) is 0 Å². The van der Waals surface area contributed by atoms with Crippen LogP contribution in [-0.4, -0.2) is 41.6 Å². The molecule has 192 valence electrons. The molecule has 1 aliphatic rings. The summed E-state index contributed by atoms with van der Waals surface area (Å²) < 4.78 is 19.5. The summed E-state index contributed by atoms with van der Waals surface area (Å²) in [4.78, 5) is 0. The van der Waals surface area contributed by atoms with E-state index in [4.69, 9.17) is 20.0 Å². The third-order valence-electron chi connectivity index (χ3n) is 8.16. The van der Waals surface area contributed by atoms with Gasteiger partial charge in [-0.05, 0) is 80.4 Å². The molecule has 1 saturated heterocycles. The van der Waals surface area contributed by atoms with E-state index in [1.165, 1.54) is 5.57 Å². The van der Waals surface area contributed by atoms with Gasteiger partial charge in [0.1, 0.15) is 0 Å². The van der Waals surface area contributed by atoms with Crippen molar-refractivity contribution in [3.8, 4) is 12.3 Å². The fourth-order valence-corrected chi connectivity index (χ4v) is 6.20. The van der Waals surface area contributed by atoms with Gasteiger partial charge in [-0.3, -0.25) is 0 Å². The second-order valence-electron chi connectivity index (χ2n) is 13.2. The second-order valence-corrected chi connectivity index (χ2v) is 22.8. The van der Waals surface area contributed by atoms with Crippen LogP contribution in [0.1, 0.15) is 87.0 Å². The highest BCUT2D eigenvalue weighted by molar-refractivity contribution is 6.74. The van der Waals surface area contributed by atoms with Crippen molar-refractivity contribution in [2.75, 3.05) is 6.61 Å². The maximum absolute atomic E-state index is 6.78. The Labute approximate surface area is 208 Å². The summed E-state index contributed by atoms with van der Waals surface area (Å²) in [6, 6.07) is 0. The molecule has 1 rings (SSSR count). The lowest BCUT2D eigenvalue weighted by atomic mass is 9.97. The number of hydrogen-bond donors (Lipinski definition) is 0. The Hall–Kier alpha value is -0.386. The zero-order chi connectivity index (χ0) is 25.7. The molecule has 1 aliphatic heterocycles. The molecule has 0 aromatic carbocycles. The summed E-state index contributed by atoms with van der Waals surface area (Å²) in [6.45, 7) is 30.3. The van der Waals surface area contributed by atoms with E-state index in [0.29, 0.717) is 0 Å². The Bertz CT molecular complexity index is 664. The summed E-state index contributed by atoms with van der Waals surface area (Å²) in [7, 11) is -3.52. The van der Waals surface area contributed by atoms with Crippen LogP contribution in [0.4, 0.5) is 0 Å². The smallest absolute Gasteiger partial charge is 0.192 e. The van der Waals surface area contributed by atoms with Gasteiger partial charge < -0.3 is 13.6 Å². The number of ether oxygens (including phenoxy) is 1. The Kier molecular flexibility index (Phi) is 11.2. The molecule has 0 saturated carbocycles. The van der Waals surface area contributed by atoms with Gasteiger partial charge >= 0.3 is 0 Å².